The second-order valence-corrected chi connectivity index (χ2v) is 5.57. The lowest BCUT2D eigenvalue weighted by atomic mass is 10.2. The van der Waals surface area contributed by atoms with Crippen LogP contribution in [0.4, 0.5) is 18.9 Å². The van der Waals surface area contributed by atoms with E-state index < -0.39 is 17.8 Å². The Morgan fingerprint density at radius 3 is 2.46 bits per heavy atom. The van der Waals surface area contributed by atoms with Crippen LogP contribution in [0.25, 0.3) is 0 Å². The Hall–Kier alpha value is -2.21. The third-order valence-electron chi connectivity index (χ3n) is 3.44. The van der Waals surface area contributed by atoms with Crippen molar-refractivity contribution in [3.63, 3.8) is 0 Å². The average Bonchev–Trinajstić information content (AvgIpc) is 2.65. The second-order valence-electron chi connectivity index (χ2n) is 5.57. The molecule has 0 bridgehead atoms. The number of nitrogens with two attached hydrogens (primary N) is 1. The number of aliphatic imine (C=N–C) groups is 1. The van der Waals surface area contributed by atoms with E-state index in [1.54, 1.807) is 31.4 Å². The molecule has 0 heterocycles. The number of rotatable bonds is 7. The molecule has 10 heteroatoms. The van der Waals surface area contributed by atoms with Crippen molar-refractivity contribution < 1.29 is 27.8 Å². The minimum absolute atomic E-state index is 0. The van der Waals surface area contributed by atoms with Crippen LogP contribution in [0, 0.1) is 0 Å². The lowest BCUT2D eigenvalue weighted by Gasteiger charge is -2.13. The van der Waals surface area contributed by atoms with Gasteiger partial charge in [-0.05, 0) is 42.5 Å². The summed E-state index contributed by atoms with van der Waals surface area (Å²) in [6.07, 6.45) is -5.49. The molecular formula is C18H21F3IN3O3. The highest BCUT2D eigenvalue weighted by molar-refractivity contribution is 14.0. The van der Waals surface area contributed by atoms with E-state index in [2.05, 4.69) is 10.3 Å². The number of nitrogens with zero attached hydrogens (tertiary/aromatic N) is 1. The van der Waals surface area contributed by atoms with Gasteiger partial charge in [0, 0.05) is 5.69 Å². The Kier molecular flexibility index (Phi) is 9.32. The number of benzene rings is 2. The molecular weight excluding hydrogens is 490 g/mol. The van der Waals surface area contributed by atoms with Crippen LogP contribution in [0.15, 0.2) is 53.5 Å². The van der Waals surface area contributed by atoms with Crippen molar-refractivity contribution in [2.24, 2.45) is 10.7 Å². The fraction of sp³-hybridized carbons (Fsp3) is 0.278. The number of alkyl halides is 3. The van der Waals surface area contributed by atoms with Gasteiger partial charge in [0.25, 0.3) is 0 Å². The van der Waals surface area contributed by atoms with Crippen LogP contribution in [-0.4, -0.2) is 37.4 Å². The van der Waals surface area contributed by atoms with Gasteiger partial charge in [-0.2, -0.15) is 13.2 Å². The molecule has 0 aliphatic heterocycles. The van der Waals surface area contributed by atoms with E-state index in [0.717, 1.165) is 12.1 Å². The topological polar surface area (TPSA) is 89.1 Å². The Morgan fingerprint density at radius 1 is 1.18 bits per heavy atom. The van der Waals surface area contributed by atoms with Crippen molar-refractivity contribution in [1.29, 1.82) is 0 Å². The Labute approximate surface area is 177 Å². The van der Waals surface area contributed by atoms with E-state index in [1.165, 1.54) is 12.1 Å². The summed E-state index contributed by atoms with van der Waals surface area (Å²) in [5.41, 5.74) is 5.60. The van der Waals surface area contributed by atoms with E-state index in [-0.39, 0.29) is 48.8 Å². The first-order chi connectivity index (χ1) is 12.8. The van der Waals surface area contributed by atoms with E-state index in [0.29, 0.717) is 11.4 Å². The standard InChI is InChI=1S/C18H20F3N3O3.HI/c1-26-15-7-5-13(6-8-15)24-17(22)23-10-14(25)11-27-16-4-2-3-12(9-16)18(19,20)21;/h2-9,14,25H,10-11H2,1H3,(H3,22,23,24);1H. The predicted octanol–water partition coefficient (Wildman–Crippen LogP) is 3.50. The van der Waals surface area contributed by atoms with Crippen LogP contribution in [0.2, 0.25) is 0 Å². The monoisotopic (exact) mass is 511 g/mol. The van der Waals surface area contributed by atoms with Crippen molar-refractivity contribution in [3.05, 3.63) is 54.1 Å². The highest BCUT2D eigenvalue weighted by atomic mass is 127. The number of anilines is 1. The number of ether oxygens (including phenoxy) is 2. The van der Waals surface area contributed by atoms with Gasteiger partial charge in [0.15, 0.2) is 5.96 Å². The third-order valence-corrected chi connectivity index (χ3v) is 3.44. The lowest BCUT2D eigenvalue weighted by molar-refractivity contribution is -0.137. The van der Waals surface area contributed by atoms with Crippen LogP contribution >= 0.6 is 24.0 Å². The third kappa shape index (κ3) is 7.80. The first-order valence-electron chi connectivity index (χ1n) is 7.97. The van der Waals surface area contributed by atoms with Gasteiger partial charge in [0.2, 0.25) is 0 Å². The number of guanidine groups is 1. The molecule has 2 rings (SSSR count). The van der Waals surface area contributed by atoms with Crippen molar-refractivity contribution in [3.8, 4) is 11.5 Å². The van der Waals surface area contributed by atoms with Gasteiger partial charge in [-0.3, -0.25) is 4.99 Å². The minimum Gasteiger partial charge on any atom is -0.497 e. The van der Waals surface area contributed by atoms with Crippen LogP contribution in [0.1, 0.15) is 5.56 Å². The average molecular weight is 511 g/mol. The fourth-order valence-corrected chi connectivity index (χ4v) is 2.07. The van der Waals surface area contributed by atoms with Crippen molar-refractivity contribution in [1.82, 2.24) is 0 Å². The molecule has 0 aromatic heterocycles. The van der Waals surface area contributed by atoms with E-state index in [9.17, 15) is 18.3 Å². The predicted molar refractivity (Wildman–Crippen MR) is 111 cm³/mol. The van der Waals surface area contributed by atoms with Gasteiger partial charge >= 0.3 is 6.18 Å². The maximum Gasteiger partial charge on any atom is 0.416 e. The number of methoxy groups -OCH3 is 1. The fourth-order valence-electron chi connectivity index (χ4n) is 2.07. The number of hydrogen-bond acceptors (Lipinski definition) is 4. The van der Waals surface area contributed by atoms with Crippen molar-refractivity contribution in [2.45, 2.75) is 12.3 Å². The summed E-state index contributed by atoms with van der Waals surface area (Å²) in [5, 5.41) is 12.7. The summed E-state index contributed by atoms with van der Waals surface area (Å²) in [7, 11) is 1.56. The van der Waals surface area contributed by atoms with Gasteiger partial charge in [-0.15, -0.1) is 24.0 Å². The quantitative estimate of drug-likeness (QED) is 0.301. The van der Waals surface area contributed by atoms with E-state index >= 15 is 0 Å². The van der Waals surface area contributed by atoms with Gasteiger partial charge in [0.1, 0.15) is 24.2 Å². The highest BCUT2D eigenvalue weighted by Crippen LogP contribution is 2.31. The van der Waals surface area contributed by atoms with Crippen LogP contribution in [0.3, 0.4) is 0 Å². The van der Waals surface area contributed by atoms with Crippen LogP contribution < -0.4 is 20.5 Å². The molecule has 1 unspecified atom stereocenters. The molecule has 0 radical (unpaired) electrons. The first-order valence-corrected chi connectivity index (χ1v) is 7.97. The molecule has 0 amide bonds. The summed E-state index contributed by atoms with van der Waals surface area (Å²) < 4.78 is 48.2. The van der Waals surface area contributed by atoms with Gasteiger partial charge < -0.3 is 25.6 Å². The van der Waals surface area contributed by atoms with E-state index in [4.69, 9.17) is 15.2 Å². The maximum absolute atomic E-state index is 12.6. The number of nitrogens with one attached hydrogen (secondary N) is 1. The Bertz CT molecular complexity index is 771. The van der Waals surface area contributed by atoms with Gasteiger partial charge in [-0.1, -0.05) is 6.07 Å². The van der Waals surface area contributed by atoms with Crippen LogP contribution in [-0.2, 0) is 6.18 Å². The zero-order chi connectivity index (χ0) is 19.9. The molecule has 4 N–H and O–H groups in total. The SMILES string of the molecule is COc1ccc(NC(N)=NCC(O)COc2cccc(C(F)(F)F)c2)cc1.I. The molecule has 0 saturated heterocycles. The normalized spacial score (nSPS) is 12.7. The van der Waals surface area contributed by atoms with Crippen molar-refractivity contribution >= 4 is 35.6 Å². The zero-order valence-electron chi connectivity index (χ0n) is 14.9. The number of halogens is 4. The summed E-state index contributed by atoms with van der Waals surface area (Å²) in [6.45, 7) is -0.297. The van der Waals surface area contributed by atoms with E-state index in [1.807, 2.05) is 0 Å². The smallest absolute Gasteiger partial charge is 0.416 e. The summed E-state index contributed by atoms with van der Waals surface area (Å²) in [6, 6.07) is 11.4. The summed E-state index contributed by atoms with van der Waals surface area (Å²) in [4.78, 5) is 3.97. The molecule has 28 heavy (non-hydrogen) atoms. The molecule has 0 spiro atoms. The lowest BCUT2D eigenvalue weighted by Crippen LogP contribution is -2.27. The summed E-state index contributed by atoms with van der Waals surface area (Å²) in [5.74, 6) is 0.786. The largest absolute Gasteiger partial charge is 0.497 e. The molecule has 2 aromatic rings. The highest BCUT2D eigenvalue weighted by Gasteiger charge is 2.30. The number of hydrogen-bond donors (Lipinski definition) is 3. The second kappa shape index (κ2) is 11.0. The molecule has 2 aromatic carbocycles. The molecule has 0 aliphatic rings. The molecule has 154 valence electrons. The van der Waals surface area contributed by atoms with Crippen LogP contribution in [0.5, 0.6) is 11.5 Å². The molecule has 1 atom stereocenters. The number of aliphatic hydroxyl groups is 1. The first kappa shape index (κ1) is 23.8. The minimum atomic E-state index is -4.45. The number of aliphatic hydroxyl groups excluding tert-OH is 1. The summed E-state index contributed by atoms with van der Waals surface area (Å²) >= 11 is 0. The molecule has 0 saturated carbocycles. The van der Waals surface area contributed by atoms with Gasteiger partial charge in [0.05, 0.1) is 19.2 Å². The zero-order valence-corrected chi connectivity index (χ0v) is 17.3. The van der Waals surface area contributed by atoms with Crippen molar-refractivity contribution in [2.75, 3.05) is 25.6 Å². The molecule has 0 fully saturated rings. The molecule has 0 aliphatic carbocycles. The maximum atomic E-state index is 12.6. The Morgan fingerprint density at radius 2 is 1.86 bits per heavy atom. The molecule has 6 nitrogen and oxygen atoms in total. The van der Waals surface area contributed by atoms with Gasteiger partial charge in [-0.25, -0.2) is 0 Å². The Balaban J connectivity index is 0.00000392.